The highest BCUT2D eigenvalue weighted by atomic mass is 16.5. The first-order chi connectivity index (χ1) is 15.2. The van der Waals surface area contributed by atoms with Gasteiger partial charge in [0.1, 0.15) is 11.3 Å². The molecule has 3 N–H and O–H groups in total. The van der Waals surface area contributed by atoms with Crippen molar-refractivity contribution < 1.29 is 14.3 Å². The Morgan fingerprint density at radius 3 is 2.84 bits per heavy atom. The number of aryl methyl sites for hydroxylation is 2. The molecule has 2 amide bonds. The number of imidazole rings is 1. The lowest BCUT2D eigenvalue weighted by Crippen LogP contribution is -2.46. The summed E-state index contributed by atoms with van der Waals surface area (Å²) in [4.78, 5) is 23.5. The summed E-state index contributed by atoms with van der Waals surface area (Å²) in [6.07, 6.45) is 2.45. The summed E-state index contributed by atoms with van der Waals surface area (Å²) in [5.74, 6) is 1.41. The third-order valence-corrected chi connectivity index (χ3v) is 5.57. The van der Waals surface area contributed by atoms with E-state index in [1.165, 1.54) is 0 Å². The van der Waals surface area contributed by atoms with Crippen LogP contribution >= 0.6 is 0 Å². The Balaban J connectivity index is 1.54. The summed E-state index contributed by atoms with van der Waals surface area (Å²) in [6, 6.07) is 7.96. The SMILES string of the molecule is COCCCc1nc2c(N)nc3ccccc3c2n1CCCNC(=O)N1CCOCC1. The first-order valence-electron chi connectivity index (χ1n) is 10.8. The van der Waals surface area contributed by atoms with Crippen molar-refractivity contribution in [2.45, 2.75) is 25.8 Å². The number of pyridine rings is 1. The highest BCUT2D eigenvalue weighted by molar-refractivity contribution is 6.06. The topological polar surface area (TPSA) is 108 Å². The van der Waals surface area contributed by atoms with E-state index in [9.17, 15) is 4.79 Å². The lowest BCUT2D eigenvalue weighted by molar-refractivity contribution is 0.0532. The molecule has 1 aromatic carbocycles. The van der Waals surface area contributed by atoms with Crippen LogP contribution in [0.3, 0.4) is 0 Å². The van der Waals surface area contributed by atoms with Gasteiger partial charge in [-0.1, -0.05) is 18.2 Å². The average Bonchev–Trinajstić information content (AvgIpc) is 3.17. The van der Waals surface area contributed by atoms with E-state index in [0.717, 1.165) is 53.6 Å². The van der Waals surface area contributed by atoms with Gasteiger partial charge in [0.2, 0.25) is 0 Å². The standard InChI is InChI=1S/C22H30N6O3/c1-30-13-4-8-18-26-19-20(16-6-2-3-7-17(16)25-21(19)23)28(18)10-5-9-24-22(29)27-11-14-31-15-12-27/h2-3,6-7H,4-5,8-15H2,1H3,(H2,23,25)(H,24,29). The van der Waals surface area contributed by atoms with Gasteiger partial charge in [-0.15, -0.1) is 0 Å². The summed E-state index contributed by atoms with van der Waals surface area (Å²) in [6.45, 7) is 4.47. The maximum absolute atomic E-state index is 12.3. The van der Waals surface area contributed by atoms with Crippen LogP contribution in [0.15, 0.2) is 24.3 Å². The molecule has 31 heavy (non-hydrogen) atoms. The fraction of sp³-hybridized carbons (Fsp3) is 0.500. The maximum atomic E-state index is 12.3. The Morgan fingerprint density at radius 2 is 2.03 bits per heavy atom. The molecule has 0 unspecified atom stereocenters. The van der Waals surface area contributed by atoms with Gasteiger partial charge in [-0.3, -0.25) is 0 Å². The molecule has 2 aromatic heterocycles. The molecule has 1 fully saturated rings. The Hall–Kier alpha value is -2.91. The minimum Gasteiger partial charge on any atom is -0.385 e. The molecule has 1 saturated heterocycles. The molecule has 9 nitrogen and oxygen atoms in total. The third kappa shape index (κ3) is 4.72. The molecule has 1 aliphatic heterocycles. The molecule has 3 heterocycles. The van der Waals surface area contributed by atoms with Gasteiger partial charge in [-0.2, -0.15) is 0 Å². The number of nitrogens with two attached hydrogens (primary N) is 1. The number of benzene rings is 1. The zero-order valence-corrected chi connectivity index (χ0v) is 18.0. The van der Waals surface area contributed by atoms with Gasteiger partial charge in [-0.05, 0) is 18.9 Å². The normalized spacial score (nSPS) is 14.4. The van der Waals surface area contributed by atoms with Crippen LogP contribution in [0.2, 0.25) is 0 Å². The minimum absolute atomic E-state index is 0.0296. The number of nitrogen functional groups attached to an aromatic ring is 1. The molecule has 0 spiro atoms. The second kappa shape index (κ2) is 9.93. The lowest BCUT2D eigenvalue weighted by atomic mass is 10.2. The first kappa shape index (κ1) is 21.3. The fourth-order valence-electron chi connectivity index (χ4n) is 4.02. The number of carbonyl (C=O) groups is 1. The predicted octanol–water partition coefficient (Wildman–Crippen LogP) is 2.18. The largest absolute Gasteiger partial charge is 0.385 e. The third-order valence-electron chi connectivity index (χ3n) is 5.57. The molecule has 166 valence electrons. The van der Waals surface area contributed by atoms with Crippen molar-refractivity contribution in [1.82, 2.24) is 24.8 Å². The number of fused-ring (bicyclic) bond motifs is 3. The van der Waals surface area contributed by atoms with Crippen LogP contribution in [0.5, 0.6) is 0 Å². The molecular weight excluding hydrogens is 396 g/mol. The van der Waals surface area contributed by atoms with Crippen molar-refractivity contribution in [3.63, 3.8) is 0 Å². The van der Waals surface area contributed by atoms with E-state index in [2.05, 4.69) is 20.9 Å². The van der Waals surface area contributed by atoms with Crippen molar-refractivity contribution in [1.29, 1.82) is 0 Å². The monoisotopic (exact) mass is 426 g/mol. The summed E-state index contributed by atoms with van der Waals surface area (Å²) < 4.78 is 12.8. The van der Waals surface area contributed by atoms with Crippen molar-refractivity contribution in [2.24, 2.45) is 0 Å². The highest BCUT2D eigenvalue weighted by Crippen LogP contribution is 2.29. The van der Waals surface area contributed by atoms with Crippen molar-refractivity contribution in [2.75, 3.05) is 52.3 Å². The maximum Gasteiger partial charge on any atom is 0.317 e. The minimum atomic E-state index is -0.0296. The van der Waals surface area contributed by atoms with Crippen LogP contribution in [0.25, 0.3) is 21.9 Å². The molecule has 0 aliphatic carbocycles. The van der Waals surface area contributed by atoms with Crippen LogP contribution in [0, 0.1) is 0 Å². The van der Waals surface area contributed by atoms with E-state index >= 15 is 0 Å². The van der Waals surface area contributed by atoms with Gasteiger partial charge >= 0.3 is 6.03 Å². The zero-order valence-electron chi connectivity index (χ0n) is 18.0. The Labute approximate surface area is 181 Å². The molecule has 0 saturated carbocycles. The number of anilines is 1. The Kier molecular flexibility index (Phi) is 6.83. The molecular formula is C22H30N6O3. The number of rotatable bonds is 8. The number of urea groups is 1. The van der Waals surface area contributed by atoms with E-state index in [1.54, 1.807) is 12.0 Å². The van der Waals surface area contributed by atoms with Gasteiger partial charge in [-0.25, -0.2) is 14.8 Å². The average molecular weight is 427 g/mol. The lowest BCUT2D eigenvalue weighted by Gasteiger charge is -2.26. The first-order valence-corrected chi connectivity index (χ1v) is 10.8. The van der Waals surface area contributed by atoms with Crippen molar-refractivity contribution in [3.05, 3.63) is 30.1 Å². The van der Waals surface area contributed by atoms with E-state index in [1.807, 2.05) is 18.2 Å². The second-order valence-corrected chi connectivity index (χ2v) is 7.67. The van der Waals surface area contributed by atoms with Crippen LogP contribution in [-0.4, -0.2) is 72.0 Å². The van der Waals surface area contributed by atoms with E-state index < -0.39 is 0 Å². The van der Waals surface area contributed by atoms with Crippen LogP contribution in [0.1, 0.15) is 18.7 Å². The molecule has 1 aliphatic rings. The molecule has 0 atom stereocenters. The van der Waals surface area contributed by atoms with Crippen LogP contribution in [0.4, 0.5) is 10.6 Å². The number of morpholine rings is 1. The number of methoxy groups -OCH3 is 1. The van der Waals surface area contributed by atoms with Crippen LogP contribution in [-0.2, 0) is 22.4 Å². The van der Waals surface area contributed by atoms with Crippen molar-refractivity contribution >= 4 is 33.8 Å². The quantitative estimate of drug-likeness (QED) is 0.535. The number of carbonyl (C=O) groups excluding carboxylic acids is 1. The van der Waals surface area contributed by atoms with Gasteiger partial charge in [0.15, 0.2) is 5.82 Å². The highest BCUT2D eigenvalue weighted by Gasteiger charge is 2.18. The molecule has 0 radical (unpaired) electrons. The summed E-state index contributed by atoms with van der Waals surface area (Å²) in [5, 5.41) is 4.06. The number of amides is 2. The number of aromatic nitrogens is 3. The van der Waals surface area contributed by atoms with Crippen molar-refractivity contribution in [3.8, 4) is 0 Å². The number of hydrogen-bond acceptors (Lipinski definition) is 6. The zero-order chi connectivity index (χ0) is 21.6. The molecule has 4 rings (SSSR count). The van der Waals surface area contributed by atoms with Gasteiger partial charge < -0.3 is 30.0 Å². The Bertz CT molecular complexity index is 1040. The van der Waals surface area contributed by atoms with E-state index in [0.29, 0.717) is 45.3 Å². The predicted molar refractivity (Wildman–Crippen MR) is 120 cm³/mol. The molecule has 9 heteroatoms. The van der Waals surface area contributed by atoms with E-state index in [-0.39, 0.29) is 6.03 Å². The summed E-state index contributed by atoms with van der Waals surface area (Å²) in [5.41, 5.74) is 8.86. The molecule has 0 bridgehead atoms. The fourth-order valence-corrected chi connectivity index (χ4v) is 4.02. The number of hydrogen-bond donors (Lipinski definition) is 2. The van der Waals surface area contributed by atoms with Gasteiger partial charge in [0.25, 0.3) is 0 Å². The number of nitrogens with zero attached hydrogens (tertiary/aromatic N) is 4. The smallest absolute Gasteiger partial charge is 0.317 e. The Morgan fingerprint density at radius 1 is 1.23 bits per heavy atom. The number of para-hydroxylation sites is 1. The number of nitrogens with one attached hydrogen (secondary N) is 1. The van der Waals surface area contributed by atoms with Gasteiger partial charge in [0, 0.05) is 51.7 Å². The van der Waals surface area contributed by atoms with E-state index in [4.69, 9.17) is 20.2 Å². The summed E-state index contributed by atoms with van der Waals surface area (Å²) >= 11 is 0. The van der Waals surface area contributed by atoms with Gasteiger partial charge in [0.05, 0.1) is 24.2 Å². The summed E-state index contributed by atoms with van der Waals surface area (Å²) in [7, 11) is 1.70. The second-order valence-electron chi connectivity index (χ2n) is 7.67. The number of ether oxygens (including phenoxy) is 2. The molecule has 3 aromatic rings. The van der Waals surface area contributed by atoms with Crippen LogP contribution < -0.4 is 11.1 Å².